The minimum Gasteiger partial charge on any atom is -0.855 e. The first kappa shape index (κ1) is 22.4. The van der Waals surface area contributed by atoms with Crippen molar-refractivity contribution in [2.45, 2.75) is 6.92 Å². The summed E-state index contributed by atoms with van der Waals surface area (Å²) in [5.74, 6) is 0. The van der Waals surface area contributed by atoms with Crippen LogP contribution in [-0.2, 0) is 0 Å². The van der Waals surface area contributed by atoms with Crippen molar-refractivity contribution in [3.05, 3.63) is 0 Å². The Bertz CT molecular complexity index is 47.1. The molecular weight excluding hydrogens is 162 g/mol. The molecule has 0 spiro atoms. The van der Waals surface area contributed by atoms with Crippen LogP contribution in [0.2, 0.25) is 0 Å². The Balaban J connectivity index is -0.0000000233. The maximum Gasteiger partial charge on any atom is 1.00 e. The van der Waals surface area contributed by atoms with Crippen LogP contribution in [0.25, 0.3) is 0 Å². The fourth-order valence-electron chi connectivity index (χ4n) is 0. The quantitative estimate of drug-likeness (QED) is 0.364. The van der Waals surface area contributed by atoms with Gasteiger partial charge in [0.25, 0.3) is 0 Å². The van der Waals surface area contributed by atoms with Crippen LogP contribution in [0, 0.1) is 0 Å². The molecule has 0 saturated heterocycles. The molecule has 0 aliphatic heterocycles. The topological polar surface area (TPSA) is 83.4 Å². The van der Waals surface area contributed by atoms with Gasteiger partial charge in [-0.3, -0.25) is 0 Å². The van der Waals surface area contributed by atoms with E-state index in [1.54, 1.807) is 6.92 Å². The maximum atomic E-state index is 8.93. The molecule has 0 saturated carbocycles. The van der Waals surface area contributed by atoms with E-state index < -0.39 is 6.16 Å². The molecule has 0 heterocycles. The third kappa shape index (κ3) is 175. The summed E-state index contributed by atoms with van der Waals surface area (Å²) in [6.45, 7) is 1.57. The van der Waals surface area contributed by atoms with Gasteiger partial charge in [-0.15, -0.1) is 6.61 Å². The van der Waals surface area contributed by atoms with E-state index in [4.69, 9.17) is 20.1 Å². The van der Waals surface area contributed by atoms with Crippen molar-refractivity contribution in [1.29, 1.82) is 0 Å². The minimum atomic E-state index is -2.08. The monoisotopic (exact) mass is 168 g/mol. The molecule has 0 aliphatic rings. The average Bonchev–Trinajstić information content (AvgIpc) is 1.33. The second-order valence-corrected chi connectivity index (χ2v) is 0.555. The first-order valence-electron chi connectivity index (χ1n) is 1.63. The zero-order valence-electron chi connectivity index (χ0n) is 5.88. The number of hydrogen-bond donors (Lipinski definition) is 1. The molecule has 4 nitrogen and oxygen atoms in total. The summed E-state index contributed by atoms with van der Waals surface area (Å²) < 4.78 is 0. The molecule has 0 aromatic rings. The number of carboxylic acid groups (broad SMARTS) is 2. The van der Waals surface area contributed by atoms with Crippen molar-refractivity contribution < 1.29 is 101 Å². The van der Waals surface area contributed by atoms with Crippen LogP contribution >= 0.6 is 0 Å². The smallest absolute Gasteiger partial charge is 0.855 e. The zero-order chi connectivity index (χ0) is 6.28. The Hall–Kier alpha value is 1.87. The van der Waals surface area contributed by atoms with E-state index in [1.807, 2.05) is 0 Å². The van der Waals surface area contributed by atoms with E-state index in [-0.39, 0.29) is 87.5 Å². The molecule has 0 bridgehead atoms. The maximum absolute atomic E-state index is 8.93. The molecule has 1 N–H and O–H groups in total. The van der Waals surface area contributed by atoms with Gasteiger partial charge in [-0.25, -0.2) is 0 Å². The predicted octanol–water partition coefficient (Wildman–Crippen LogP) is -7.74. The molecule has 0 aliphatic carbocycles. The molecule has 0 aromatic heterocycles. The normalized spacial score (nSPS) is 4.67. The van der Waals surface area contributed by atoms with Gasteiger partial charge in [-0.2, -0.15) is 0 Å². The Morgan fingerprint density at radius 3 is 1.67 bits per heavy atom. The van der Waals surface area contributed by atoms with Crippen molar-refractivity contribution >= 4 is 6.16 Å². The SMILES string of the molecule is CC[O-].O=C([O-])O.[K+].[Na+]. The first-order chi connectivity index (χ1) is 3.15. The Kier molecular flexibility index (Phi) is 56.2. The summed E-state index contributed by atoms with van der Waals surface area (Å²) in [4.78, 5) is 8.44. The van der Waals surface area contributed by atoms with Gasteiger partial charge < -0.3 is 20.1 Å². The van der Waals surface area contributed by atoms with Crippen molar-refractivity contribution in [2.24, 2.45) is 0 Å². The molecule has 0 aromatic carbocycles. The molecule has 0 unspecified atom stereocenters. The molecule has 44 valence electrons. The van der Waals surface area contributed by atoms with Crippen molar-refractivity contribution in [2.75, 3.05) is 6.61 Å². The zero-order valence-corrected chi connectivity index (χ0v) is 11.0. The van der Waals surface area contributed by atoms with Crippen molar-refractivity contribution in [3.8, 4) is 0 Å². The molecule has 0 fully saturated rings. The fourth-order valence-corrected chi connectivity index (χ4v) is 0. The Labute approximate surface area is 118 Å². The largest absolute Gasteiger partial charge is 1.00 e. The van der Waals surface area contributed by atoms with Crippen LogP contribution in [0.1, 0.15) is 6.92 Å². The summed E-state index contributed by atoms with van der Waals surface area (Å²) in [6.07, 6.45) is -2.08. The summed E-state index contributed by atoms with van der Waals surface area (Å²) >= 11 is 0. The van der Waals surface area contributed by atoms with E-state index in [0.717, 1.165) is 0 Å². The van der Waals surface area contributed by atoms with E-state index in [9.17, 15) is 0 Å². The van der Waals surface area contributed by atoms with Gasteiger partial charge in [0.1, 0.15) is 0 Å². The standard InChI is InChI=1S/C2H5O.CH2O3.K.Na/c1-2-3;2-1(3)4;;/h2H2,1H3;(H2,2,3,4);;/q-1;;2*+1/p-1. The average molecular weight is 168 g/mol. The van der Waals surface area contributed by atoms with Gasteiger partial charge >= 0.3 is 80.9 Å². The number of carbonyl (C=O) groups is 1. The van der Waals surface area contributed by atoms with E-state index in [0.29, 0.717) is 0 Å². The summed E-state index contributed by atoms with van der Waals surface area (Å²) in [6, 6.07) is 0. The molecule has 9 heavy (non-hydrogen) atoms. The van der Waals surface area contributed by atoms with Crippen molar-refractivity contribution in [3.63, 3.8) is 0 Å². The van der Waals surface area contributed by atoms with Crippen LogP contribution in [0.4, 0.5) is 4.79 Å². The van der Waals surface area contributed by atoms with E-state index >= 15 is 0 Å². The number of hydrogen-bond acceptors (Lipinski definition) is 3. The second kappa shape index (κ2) is 22.5. The van der Waals surface area contributed by atoms with Gasteiger partial charge in [-0.05, 0) is 0 Å². The van der Waals surface area contributed by atoms with Crippen molar-refractivity contribution in [1.82, 2.24) is 0 Å². The third-order valence-corrected chi connectivity index (χ3v) is 0. The van der Waals surface area contributed by atoms with Crippen LogP contribution in [-0.4, -0.2) is 17.9 Å². The Morgan fingerprint density at radius 1 is 1.67 bits per heavy atom. The van der Waals surface area contributed by atoms with Gasteiger partial charge in [0.15, 0.2) is 0 Å². The molecule has 6 heteroatoms. The minimum absolute atomic E-state index is 0. The van der Waals surface area contributed by atoms with E-state index in [2.05, 4.69) is 0 Å². The van der Waals surface area contributed by atoms with Gasteiger partial charge in [-0.1, -0.05) is 6.92 Å². The molecule has 0 amide bonds. The van der Waals surface area contributed by atoms with Crippen LogP contribution in [0.3, 0.4) is 0 Å². The number of rotatable bonds is 0. The third-order valence-electron chi connectivity index (χ3n) is 0. The molecule has 0 rings (SSSR count). The first-order valence-corrected chi connectivity index (χ1v) is 1.63. The fraction of sp³-hybridized carbons (Fsp3) is 0.667. The second-order valence-electron chi connectivity index (χ2n) is 0.555. The van der Waals surface area contributed by atoms with E-state index in [1.165, 1.54) is 0 Å². The summed E-state index contributed by atoms with van der Waals surface area (Å²) in [5.41, 5.74) is 0. The van der Waals surface area contributed by atoms with Crippen LogP contribution in [0.15, 0.2) is 0 Å². The van der Waals surface area contributed by atoms with Gasteiger partial charge in [0.05, 0.1) is 0 Å². The molecule has 0 atom stereocenters. The van der Waals surface area contributed by atoms with Crippen LogP contribution < -0.4 is 91.2 Å². The van der Waals surface area contributed by atoms with Gasteiger partial charge in [0, 0.05) is 0 Å². The molecular formula is C3H6KNaO4. The summed E-state index contributed by atoms with van der Waals surface area (Å²) in [7, 11) is 0. The van der Waals surface area contributed by atoms with Gasteiger partial charge in [0.2, 0.25) is 6.16 Å². The summed E-state index contributed by atoms with van der Waals surface area (Å²) in [5, 5.41) is 24.2. The molecule has 0 radical (unpaired) electrons. The Morgan fingerprint density at radius 2 is 1.67 bits per heavy atom. The van der Waals surface area contributed by atoms with Crippen LogP contribution in [0.5, 0.6) is 0 Å². The predicted molar refractivity (Wildman–Crippen MR) is 18.6 cm³/mol.